The lowest BCUT2D eigenvalue weighted by atomic mass is 10.2. The number of carboxylic acid groups (broad SMARTS) is 1. The molecule has 2 aromatic heterocycles. The van der Waals surface area contributed by atoms with Crippen molar-refractivity contribution in [1.29, 1.82) is 0 Å². The summed E-state index contributed by atoms with van der Waals surface area (Å²) < 4.78 is 1.93. The van der Waals surface area contributed by atoms with Crippen LogP contribution in [0.5, 0.6) is 0 Å². The minimum absolute atomic E-state index is 0.126. The second kappa shape index (κ2) is 4.49. The Morgan fingerprint density at radius 2 is 2.44 bits per heavy atom. The number of nitrogens with zero attached hydrogens (tertiary/aromatic N) is 2. The topological polar surface area (TPSA) is 55.1 Å². The van der Waals surface area contributed by atoms with Crippen molar-refractivity contribution >= 4 is 17.3 Å². The highest BCUT2D eigenvalue weighted by atomic mass is 32.1. The van der Waals surface area contributed by atoms with E-state index in [1.165, 1.54) is 0 Å². The average Bonchev–Trinajstić information content (AvgIpc) is 2.83. The number of carbonyl (C=O) groups is 1. The molecule has 0 aliphatic heterocycles. The first-order chi connectivity index (χ1) is 7.66. The van der Waals surface area contributed by atoms with Crippen LogP contribution in [-0.4, -0.2) is 20.6 Å². The number of aliphatic carboxylic acids is 1. The zero-order valence-corrected chi connectivity index (χ0v) is 9.70. The number of rotatable bonds is 4. The van der Waals surface area contributed by atoms with E-state index in [1.807, 2.05) is 35.3 Å². The molecule has 1 N–H and O–H groups in total. The van der Waals surface area contributed by atoms with Gasteiger partial charge in [0.05, 0.1) is 17.0 Å². The second-order valence-corrected chi connectivity index (χ2v) is 4.49. The van der Waals surface area contributed by atoms with Crippen molar-refractivity contribution in [3.8, 4) is 10.7 Å². The monoisotopic (exact) mass is 236 g/mol. The highest BCUT2D eigenvalue weighted by Crippen LogP contribution is 2.23. The van der Waals surface area contributed by atoms with E-state index in [-0.39, 0.29) is 6.42 Å². The van der Waals surface area contributed by atoms with E-state index in [1.54, 1.807) is 11.3 Å². The van der Waals surface area contributed by atoms with Gasteiger partial charge in [-0.1, -0.05) is 6.07 Å². The molecule has 2 rings (SSSR count). The summed E-state index contributed by atoms with van der Waals surface area (Å²) in [6.07, 6.45) is 2.49. The third-order valence-corrected chi connectivity index (χ3v) is 3.13. The van der Waals surface area contributed by atoms with Gasteiger partial charge in [0, 0.05) is 19.7 Å². The molecule has 5 heteroatoms. The molecule has 2 heterocycles. The molecule has 0 spiro atoms. The Morgan fingerprint density at radius 3 is 3.06 bits per heavy atom. The van der Waals surface area contributed by atoms with Gasteiger partial charge in [-0.15, -0.1) is 11.3 Å². The summed E-state index contributed by atoms with van der Waals surface area (Å²) in [6.45, 7) is 0. The molecular weight excluding hydrogens is 224 g/mol. The van der Waals surface area contributed by atoms with Crippen molar-refractivity contribution in [2.45, 2.75) is 12.8 Å². The predicted molar refractivity (Wildman–Crippen MR) is 62.5 cm³/mol. The Labute approximate surface area is 97.2 Å². The van der Waals surface area contributed by atoms with E-state index >= 15 is 0 Å². The van der Waals surface area contributed by atoms with Gasteiger partial charge in [0.25, 0.3) is 0 Å². The summed E-state index contributed by atoms with van der Waals surface area (Å²) in [5, 5.41) is 10.6. The summed E-state index contributed by atoms with van der Waals surface area (Å²) in [7, 11) is 1.92. The number of thiophene rings is 1. The Balaban J connectivity index is 2.19. The predicted octanol–water partition coefficient (Wildman–Crippen LogP) is 2.17. The number of carboxylic acids is 1. The molecule has 0 aliphatic carbocycles. The average molecular weight is 236 g/mol. The molecule has 16 heavy (non-hydrogen) atoms. The molecule has 0 fully saturated rings. The largest absolute Gasteiger partial charge is 0.481 e. The number of aromatic nitrogens is 2. The summed E-state index contributed by atoms with van der Waals surface area (Å²) in [5.41, 5.74) is 0.827. The third-order valence-electron chi connectivity index (χ3n) is 2.26. The molecule has 0 bridgehead atoms. The van der Waals surface area contributed by atoms with E-state index in [0.717, 1.165) is 16.4 Å². The van der Waals surface area contributed by atoms with Crippen LogP contribution >= 0.6 is 11.3 Å². The fraction of sp³-hybridized carbons (Fsp3) is 0.273. The van der Waals surface area contributed by atoms with E-state index in [4.69, 9.17) is 5.11 Å². The minimum atomic E-state index is -0.789. The van der Waals surface area contributed by atoms with Gasteiger partial charge in [-0.2, -0.15) is 0 Å². The van der Waals surface area contributed by atoms with Crippen molar-refractivity contribution in [3.05, 3.63) is 29.4 Å². The second-order valence-electron chi connectivity index (χ2n) is 3.54. The molecule has 0 unspecified atom stereocenters. The highest BCUT2D eigenvalue weighted by Gasteiger charge is 2.09. The van der Waals surface area contributed by atoms with Crippen LogP contribution < -0.4 is 0 Å². The molecule has 0 aliphatic rings. The van der Waals surface area contributed by atoms with Gasteiger partial charge in [0.15, 0.2) is 0 Å². The van der Waals surface area contributed by atoms with Crippen LogP contribution in [0.15, 0.2) is 23.7 Å². The molecular formula is C11H12N2O2S. The Kier molecular flexibility index (Phi) is 3.05. The maximum atomic E-state index is 10.5. The third kappa shape index (κ3) is 2.30. The fourth-order valence-corrected chi connectivity index (χ4v) is 2.27. The number of imidazole rings is 1. The minimum Gasteiger partial charge on any atom is -0.481 e. The first kappa shape index (κ1) is 10.9. The van der Waals surface area contributed by atoms with Gasteiger partial charge < -0.3 is 9.67 Å². The van der Waals surface area contributed by atoms with E-state index in [2.05, 4.69) is 4.98 Å². The van der Waals surface area contributed by atoms with Crippen molar-refractivity contribution in [1.82, 2.24) is 9.55 Å². The van der Waals surface area contributed by atoms with Gasteiger partial charge in [-0.05, 0) is 11.4 Å². The normalized spacial score (nSPS) is 10.6. The lowest BCUT2D eigenvalue weighted by Crippen LogP contribution is -1.97. The summed E-state index contributed by atoms with van der Waals surface area (Å²) >= 11 is 1.63. The van der Waals surface area contributed by atoms with Crippen LogP contribution in [0.1, 0.15) is 12.1 Å². The van der Waals surface area contributed by atoms with Crippen LogP contribution in [0.25, 0.3) is 10.7 Å². The van der Waals surface area contributed by atoms with Crippen molar-refractivity contribution in [2.75, 3.05) is 0 Å². The first-order valence-corrected chi connectivity index (χ1v) is 5.82. The summed E-state index contributed by atoms with van der Waals surface area (Å²) in [6, 6.07) is 3.99. The molecule has 0 aromatic carbocycles. The van der Waals surface area contributed by atoms with Crippen LogP contribution in [0.4, 0.5) is 0 Å². The maximum absolute atomic E-state index is 10.5. The molecule has 0 atom stereocenters. The lowest BCUT2D eigenvalue weighted by molar-refractivity contribution is -0.136. The zero-order chi connectivity index (χ0) is 11.5. The molecule has 4 nitrogen and oxygen atoms in total. The van der Waals surface area contributed by atoms with Crippen LogP contribution in [0, 0.1) is 0 Å². The smallest absolute Gasteiger partial charge is 0.303 e. The maximum Gasteiger partial charge on any atom is 0.303 e. The quantitative estimate of drug-likeness (QED) is 0.885. The van der Waals surface area contributed by atoms with Crippen molar-refractivity contribution in [3.63, 3.8) is 0 Å². The summed E-state index contributed by atoms with van der Waals surface area (Å²) in [5.74, 6) is 0.110. The SMILES string of the molecule is Cn1cc(CCC(=O)O)nc1-c1cccs1. The molecule has 84 valence electrons. The van der Waals surface area contributed by atoms with E-state index in [0.29, 0.717) is 6.42 Å². The van der Waals surface area contributed by atoms with E-state index < -0.39 is 5.97 Å². The van der Waals surface area contributed by atoms with E-state index in [9.17, 15) is 4.79 Å². The van der Waals surface area contributed by atoms with Gasteiger partial charge >= 0.3 is 5.97 Å². The van der Waals surface area contributed by atoms with Gasteiger partial charge in [0.1, 0.15) is 5.82 Å². The number of hydrogen-bond donors (Lipinski definition) is 1. The molecule has 2 aromatic rings. The first-order valence-electron chi connectivity index (χ1n) is 4.94. The number of aryl methyl sites for hydroxylation is 2. The lowest BCUT2D eigenvalue weighted by Gasteiger charge is -1.95. The van der Waals surface area contributed by atoms with Crippen LogP contribution in [0.3, 0.4) is 0 Å². The van der Waals surface area contributed by atoms with Crippen LogP contribution in [0.2, 0.25) is 0 Å². The standard InChI is InChI=1S/C11H12N2O2S/c1-13-7-8(4-5-10(14)15)12-11(13)9-3-2-6-16-9/h2-3,6-7H,4-5H2,1H3,(H,14,15). The van der Waals surface area contributed by atoms with Crippen molar-refractivity contribution in [2.24, 2.45) is 7.05 Å². The molecule has 0 saturated carbocycles. The zero-order valence-electron chi connectivity index (χ0n) is 8.88. The van der Waals surface area contributed by atoms with Gasteiger partial charge in [-0.3, -0.25) is 4.79 Å². The summed E-state index contributed by atoms with van der Waals surface area (Å²) in [4.78, 5) is 16.0. The molecule has 0 radical (unpaired) electrons. The van der Waals surface area contributed by atoms with Gasteiger partial charge in [-0.25, -0.2) is 4.98 Å². The molecule has 0 amide bonds. The Bertz CT molecular complexity index is 488. The Hall–Kier alpha value is -1.62. The number of hydrogen-bond acceptors (Lipinski definition) is 3. The Morgan fingerprint density at radius 1 is 1.62 bits per heavy atom. The highest BCUT2D eigenvalue weighted by molar-refractivity contribution is 7.13. The van der Waals surface area contributed by atoms with Crippen LogP contribution in [-0.2, 0) is 18.3 Å². The molecule has 0 saturated heterocycles. The van der Waals surface area contributed by atoms with Gasteiger partial charge in [0.2, 0.25) is 0 Å². The van der Waals surface area contributed by atoms with Crippen molar-refractivity contribution < 1.29 is 9.90 Å². The fourth-order valence-electron chi connectivity index (χ4n) is 1.52.